The average molecular weight is 452 g/mol. The van der Waals surface area contributed by atoms with Crippen LogP contribution in [0.15, 0.2) is 42.5 Å². The predicted molar refractivity (Wildman–Crippen MR) is 129 cm³/mol. The molecule has 0 atom stereocenters. The largest absolute Gasteiger partial charge is 0.481 e. The first kappa shape index (κ1) is 26.0. The molecule has 6 nitrogen and oxygen atoms in total. The van der Waals surface area contributed by atoms with Crippen molar-refractivity contribution in [3.8, 4) is 11.1 Å². The first-order valence-electron chi connectivity index (χ1n) is 11.3. The van der Waals surface area contributed by atoms with Crippen molar-refractivity contribution in [2.24, 2.45) is 0 Å². The minimum absolute atomic E-state index is 0.0487. The first-order chi connectivity index (χ1) is 15.7. The zero-order chi connectivity index (χ0) is 24.6. The van der Waals surface area contributed by atoms with Gasteiger partial charge in [-0.2, -0.15) is 0 Å². The number of rotatable bonds is 9. The molecule has 0 aliphatic heterocycles. The van der Waals surface area contributed by atoms with Crippen LogP contribution < -0.4 is 0 Å². The molecule has 1 aliphatic carbocycles. The van der Waals surface area contributed by atoms with E-state index >= 15 is 0 Å². The molecule has 0 saturated carbocycles. The number of ether oxygens (including phenoxy) is 1. The number of aliphatic carboxylic acids is 1. The maximum Gasteiger partial charge on any atom is 0.305 e. The van der Waals surface area contributed by atoms with Gasteiger partial charge in [-0.3, -0.25) is 14.4 Å². The van der Waals surface area contributed by atoms with E-state index in [-0.39, 0.29) is 29.8 Å². The van der Waals surface area contributed by atoms with Crippen LogP contribution in [0.2, 0.25) is 0 Å². The van der Waals surface area contributed by atoms with E-state index in [0.717, 1.165) is 32.6 Å². The van der Waals surface area contributed by atoms with Crippen LogP contribution in [0, 0.1) is 5.41 Å². The number of methoxy groups -OCH3 is 1. The summed E-state index contributed by atoms with van der Waals surface area (Å²) in [6.45, 7) is 5.49. The molecule has 2 aromatic rings. The maximum absolute atomic E-state index is 12.9. The van der Waals surface area contributed by atoms with E-state index in [2.05, 4.69) is 42.8 Å². The van der Waals surface area contributed by atoms with Crippen LogP contribution >= 0.6 is 0 Å². The van der Waals surface area contributed by atoms with Crippen molar-refractivity contribution in [1.82, 2.24) is 0 Å². The summed E-state index contributed by atoms with van der Waals surface area (Å²) in [5, 5.41) is 15.5. The summed E-state index contributed by atoms with van der Waals surface area (Å²) < 4.78 is 4.62. The first-order valence-corrected chi connectivity index (χ1v) is 11.3. The second kappa shape index (κ2) is 11.5. The van der Waals surface area contributed by atoms with Gasteiger partial charge in [-0.1, -0.05) is 63.1 Å². The predicted octanol–water partition coefficient (Wildman–Crippen LogP) is 5.80. The molecular weight excluding hydrogens is 418 g/mol. The van der Waals surface area contributed by atoms with Gasteiger partial charge in [0.1, 0.15) is 0 Å². The summed E-state index contributed by atoms with van der Waals surface area (Å²) in [5.41, 5.74) is 5.40. The van der Waals surface area contributed by atoms with Gasteiger partial charge in [0, 0.05) is 24.3 Å². The number of carbonyl (C=O) groups excluding carboxylic acids is 2. The Labute approximate surface area is 195 Å². The molecule has 0 saturated heterocycles. The molecule has 3 rings (SSSR count). The minimum Gasteiger partial charge on any atom is -0.481 e. The van der Waals surface area contributed by atoms with E-state index in [0.29, 0.717) is 5.56 Å². The number of esters is 1. The Morgan fingerprint density at radius 1 is 0.939 bits per heavy atom. The second-order valence-corrected chi connectivity index (χ2v) is 8.29. The number of hydrogen-bond donors (Lipinski definition) is 2. The summed E-state index contributed by atoms with van der Waals surface area (Å²) in [6.07, 6.45) is 4.32. The van der Waals surface area contributed by atoms with E-state index in [4.69, 9.17) is 15.3 Å². The second-order valence-electron chi connectivity index (χ2n) is 8.29. The lowest BCUT2D eigenvalue weighted by molar-refractivity contribution is -0.140. The third kappa shape index (κ3) is 5.75. The number of carboxylic acids is 1. The highest BCUT2D eigenvalue weighted by atomic mass is 16.5. The van der Waals surface area contributed by atoms with Gasteiger partial charge in [0.05, 0.1) is 19.2 Å². The maximum atomic E-state index is 12.9. The quantitative estimate of drug-likeness (QED) is 0.285. The standard InChI is InChI=1S/C25H29NO3.C2H4O2/c1-4-14-25(15-5-2)20-9-7-6-8-18(20)19-11-10-17(16-21(19)25)24(28)22(26)12-13-23(27)29-3;1-2(3)4/h6-11,16,26H,4-5,12-15H2,1-3H3;1H3,(H,3,4). The SMILES string of the molecule is CC(=O)O.CCCC1(CCC)c2ccccc2-c2ccc(C(=O)C(=N)CCC(=O)OC)cc21. The van der Waals surface area contributed by atoms with E-state index < -0.39 is 11.9 Å². The number of carboxylic acid groups (broad SMARTS) is 1. The number of fused-ring (bicyclic) bond motifs is 3. The fourth-order valence-corrected chi connectivity index (χ4v) is 4.73. The lowest BCUT2D eigenvalue weighted by Crippen LogP contribution is -2.25. The normalized spacial score (nSPS) is 12.6. The van der Waals surface area contributed by atoms with Gasteiger partial charge >= 0.3 is 5.97 Å². The van der Waals surface area contributed by atoms with Crippen molar-refractivity contribution in [2.45, 2.75) is 64.7 Å². The molecule has 2 aromatic carbocycles. The van der Waals surface area contributed by atoms with Crippen molar-refractivity contribution in [3.05, 3.63) is 59.2 Å². The zero-order valence-corrected chi connectivity index (χ0v) is 19.9. The lowest BCUT2D eigenvalue weighted by atomic mass is 9.71. The summed E-state index contributed by atoms with van der Waals surface area (Å²) in [5.74, 6) is -1.55. The number of carbonyl (C=O) groups is 3. The number of benzene rings is 2. The van der Waals surface area contributed by atoms with Gasteiger partial charge in [-0.25, -0.2) is 0 Å². The molecule has 0 unspecified atom stereocenters. The zero-order valence-electron chi connectivity index (χ0n) is 19.9. The Hall–Kier alpha value is -3.28. The Morgan fingerprint density at radius 2 is 1.52 bits per heavy atom. The Morgan fingerprint density at radius 3 is 2.09 bits per heavy atom. The number of Topliss-reactive ketones (excluding diaryl/α,β-unsaturated/α-hetero) is 1. The van der Waals surface area contributed by atoms with E-state index in [1.165, 1.54) is 29.4 Å². The molecule has 176 valence electrons. The van der Waals surface area contributed by atoms with Crippen LogP contribution in [0.25, 0.3) is 11.1 Å². The summed E-state index contributed by atoms with van der Waals surface area (Å²) in [4.78, 5) is 33.2. The Bertz CT molecular complexity index is 1030. The molecule has 0 fully saturated rings. The highest BCUT2D eigenvalue weighted by molar-refractivity contribution is 6.45. The number of hydrogen-bond acceptors (Lipinski definition) is 5. The van der Waals surface area contributed by atoms with Crippen molar-refractivity contribution in [3.63, 3.8) is 0 Å². The summed E-state index contributed by atoms with van der Waals surface area (Å²) in [7, 11) is 1.31. The van der Waals surface area contributed by atoms with Gasteiger partial charge in [0.25, 0.3) is 5.97 Å². The van der Waals surface area contributed by atoms with E-state index in [9.17, 15) is 9.59 Å². The van der Waals surface area contributed by atoms with Crippen molar-refractivity contribution in [2.75, 3.05) is 7.11 Å². The van der Waals surface area contributed by atoms with Gasteiger partial charge in [0.15, 0.2) is 0 Å². The monoisotopic (exact) mass is 451 g/mol. The van der Waals surface area contributed by atoms with Crippen molar-refractivity contribution < 1.29 is 24.2 Å². The van der Waals surface area contributed by atoms with Gasteiger partial charge in [-0.15, -0.1) is 0 Å². The highest BCUT2D eigenvalue weighted by Gasteiger charge is 2.41. The van der Waals surface area contributed by atoms with Crippen LogP contribution in [-0.4, -0.2) is 35.6 Å². The Balaban J connectivity index is 0.000000890. The molecular formula is C27H33NO5. The van der Waals surface area contributed by atoms with Crippen LogP contribution in [0.1, 0.15) is 80.8 Å². The van der Waals surface area contributed by atoms with Crippen LogP contribution in [0.3, 0.4) is 0 Å². The van der Waals surface area contributed by atoms with Crippen molar-refractivity contribution in [1.29, 1.82) is 5.41 Å². The molecule has 0 heterocycles. The van der Waals surface area contributed by atoms with E-state index in [1.54, 1.807) is 0 Å². The van der Waals surface area contributed by atoms with Crippen LogP contribution in [-0.2, 0) is 19.7 Å². The molecule has 0 aromatic heterocycles. The van der Waals surface area contributed by atoms with Crippen LogP contribution in [0.5, 0.6) is 0 Å². The van der Waals surface area contributed by atoms with E-state index in [1.807, 2.05) is 18.2 Å². The third-order valence-corrected chi connectivity index (χ3v) is 5.96. The van der Waals surface area contributed by atoms with Crippen LogP contribution in [0.4, 0.5) is 0 Å². The summed E-state index contributed by atoms with van der Waals surface area (Å²) >= 11 is 0. The highest BCUT2D eigenvalue weighted by Crippen LogP contribution is 2.53. The number of ketones is 1. The average Bonchev–Trinajstić information content (AvgIpc) is 3.06. The molecule has 33 heavy (non-hydrogen) atoms. The Kier molecular flexibility index (Phi) is 9.09. The fraction of sp³-hybridized carbons (Fsp3) is 0.407. The molecule has 0 bridgehead atoms. The van der Waals surface area contributed by atoms with Gasteiger partial charge < -0.3 is 15.3 Å². The molecule has 0 radical (unpaired) electrons. The summed E-state index contributed by atoms with van der Waals surface area (Å²) in [6, 6.07) is 14.4. The molecule has 6 heteroatoms. The molecule has 2 N–H and O–H groups in total. The lowest BCUT2D eigenvalue weighted by Gasteiger charge is -2.32. The number of nitrogens with one attached hydrogen (secondary N) is 1. The molecule has 1 aliphatic rings. The van der Waals surface area contributed by atoms with Gasteiger partial charge in [0.2, 0.25) is 5.78 Å². The minimum atomic E-state index is -0.833. The topological polar surface area (TPSA) is 105 Å². The van der Waals surface area contributed by atoms with Crippen molar-refractivity contribution >= 4 is 23.4 Å². The smallest absolute Gasteiger partial charge is 0.305 e. The fourth-order valence-electron chi connectivity index (χ4n) is 4.73. The third-order valence-electron chi connectivity index (χ3n) is 5.96. The molecule has 0 amide bonds. The molecule has 0 spiro atoms. The van der Waals surface area contributed by atoms with Gasteiger partial charge in [-0.05, 0) is 41.2 Å².